The maximum atomic E-state index is 12.3. The highest BCUT2D eigenvalue weighted by Crippen LogP contribution is 2.40. The number of hydrogen-bond acceptors (Lipinski definition) is 5. The summed E-state index contributed by atoms with van der Waals surface area (Å²) in [6.45, 7) is 1.64. The van der Waals surface area contributed by atoms with E-state index < -0.39 is 11.2 Å². The normalized spacial score (nSPS) is 22.6. The molecule has 0 aromatic heterocycles. The highest BCUT2D eigenvalue weighted by molar-refractivity contribution is 8.00. The van der Waals surface area contributed by atoms with Gasteiger partial charge in [-0.15, -0.1) is 11.8 Å². The zero-order valence-electron chi connectivity index (χ0n) is 12.9. The average molecular weight is 364 g/mol. The summed E-state index contributed by atoms with van der Waals surface area (Å²) >= 11 is 5.36. The first-order valence-electron chi connectivity index (χ1n) is 7.34. The number of carbonyl (C=O) groups excluding carboxylic acids is 3. The molecule has 2 amide bonds. The van der Waals surface area contributed by atoms with Crippen molar-refractivity contribution in [1.82, 2.24) is 10.2 Å². The SMILES string of the molecule is CC1=C(C(=O)S)N2C(=O)[C@@H](NC(=O)COc3ccccc3)[C@H]2SC1. The molecule has 2 atom stereocenters. The smallest absolute Gasteiger partial charge is 0.258 e. The first-order valence-corrected chi connectivity index (χ1v) is 8.83. The first-order chi connectivity index (χ1) is 11.5. The highest BCUT2D eigenvalue weighted by atomic mass is 32.2. The van der Waals surface area contributed by atoms with E-state index in [1.807, 2.05) is 18.2 Å². The third kappa shape index (κ3) is 3.16. The van der Waals surface area contributed by atoms with Gasteiger partial charge in [0.2, 0.25) is 5.12 Å². The third-order valence-corrected chi connectivity index (χ3v) is 5.43. The van der Waals surface area contributed by atoms with Crippen LogP contribution in [0.2, 0.25) is 0 Å². The monoisotopic (exact) mass is 364 g/mol. The summed E-state index contributed by atoms with van der Waals surface area (Å²) in [7, 11) is 0. The lowest BCUT2D eigenvalue weighted by Gasteiger charge is -2.49. The summed E-state index contributed by atoms with van der Waals surface area (Å²) in [5.41, 5.74) is 1.15. The van der Waals surface area contributed by atoms with E-state index in [1.165, 1.54) is 16.7 Å². The average Bonchev–Trinajstić information content (AvgIpc) is 2.58. The van der Waals surface area contributed by atoms with Crippen LogP contribution in [-0.4, -0.2) is 45.6 Å². The largest absolute Gasteiger partial charge is 0.484 e. The maximum Gasteiger partial charge on any atom is 0.258 e. The molecule has 1 aromatic carbocycles. The van der Waals surface area contributed by atoms with Gasteiger partial charge in [-0.05, 0) is 24.6 Å². The summed E-state index contributed by atoms with van der Waals surface area (Å²) in [4.78, 5) is 37.4. The number of amides is 2. The van der Waals surface area contributed by atoms with Crippen LogP contribution in [0.5, 0.6) is 5.75 Å². The van der Waals surface area contributed by atoms with Crippen LogP contribution in [0.3, 0.4) is 0 Å². The minimum absolute atomic E-state index is 0.168. The molecule has 24 heavy (non-hydrogen) atoms. The maximum absolute atomic E-state index is 12.3. The summed E-state index contributed by atoms with van der Waals surface area (Å²) < 4.78 is 5.37. The van der Waals surface area contributed by atoms with E-state index in [-0.39, 0.29) is 23.8 Å². The van der Waals surface area contributed by atoms with Crippen LogP contribution in [0, 0.1) is 0 Å². The Bertz CT molecular complexity index is 720. The van der Waals surface area contributed by atoms with E-state index in [9.17, 15) is 14.4 Å². The Hall–Kier alpha value is -1.93. The Kier molecular flexibility index (Phi) is 4.86. The second kappa shape index (κ2) is 6.90. The molecule has 2 aliphatic rings. The van der Waals surface area contributed by atoms with Crippen molar-refractivity contribution < 1.29 is 19.1 Å². The number of β-lactam (4-membered cyclic amide) rings is 1. The van der Waals surface area contributed by atoms with E-state index >= 15 is 0 Å². The number of thiol groups is 1. The topological polar surface area (TPSA) is 75.7 Å². The summed E-state index contributed by atoms with van der Waals surface area (Å²) in [5, 5.41) is 1.98. The van der Waals surface area contributed by atoms with Crippen LogP contribution in [0.4, 0.5) is 0 Å². The minimum Gasteiger partial charge on any atom is -0.484 e. The number of hydrogen-bond donors (Lipinski definition) is 2. The lowest BCUT2D eigenvalue weighted by molar-refractivity contribution is -0.147. The van der Waals surface area contributed by atoms with Crippen LogP contribution in [0.15, 0.2) is 41.6 Å². The molecule has 0 unspecified atom stereocenters. The fourth-order valence-corrected chi connectivity index (χ4v) is 4.25. The van der Waals surface area contributed by atoms with Crippen LogP contribution in [0.1, 0.15) is 6.92 Å². The summed E-state index contributed by atoms with van der Waals surface area (Å²) in [6, 6.07) is 8.33. The van der Waals surface area contributed by atoms with Gasteiger partial charge in [0.15, 0.2) is 6.61 Å². The number of nitrogens with one attached hydrogen (secondary N) is 1. The van der Waals surface area contributed by atoms with Crippen LogP contribution in [-0.2, 0) is 14.4 Å². The Morgan fingerprint density at radius 2 is 2.08 bits per heavy atom. The zero-order valence-corrected chi connectivity index (χ0v) is 14.6. The molecule has 2 heterocycles. The number of thioether (sulfide) groups is 1. The standard InChI is InChI=1S/C16H16N2O4S2/c1-9-8-24-15-12(14(20)18(15)13(9)16(21)23)17-11(19)7-22-10-5-3-2-4-6-10/h2-6,12,15H,7-8H2,1H3,(H,17,19)(H,21,23)/t12-,15-/m1/s1. The molecular weight excluding hydrogens is 348 g/mol. The number of fused-ring (bicyclic) bond motifs is 1. The molecule has 0 aliphatic carbocycles. The Morgan fingerprint density at radius 1 is 1.38 bits per heavy atom. The van der Waals surface area contributed by atoms with Gasteiger partial charge in [0.25, 0.3) is 11.8 Å². The molecule has 8 heteroatoms. The molecule has 0 spiro atoms. The Labute approximate surface area is 149 Å². The molecule has 1 fully saturated rings. The van der Waals surface area contributed by atoms with Gasteiger partial charge in [-0.1, -0.05) is 30.8 Å². The quantitative estimate of drug-likeness (QED) is 0.606. The van der Waals surface area contributed by atoms with Gasteiger partial charge in [-0.3, -0.25) is 19.3 Å². The van der Waals surface area contributed by atoms with Gasteiger partial charge < -0.3 is 10.1 Å². The van der Waals surface area contributed by atoms with Crippen molar-refractivity contribution in [2.75, 3.05) is 12.4 Å². The van der Waals surface area contributed by atoms with E-state index in [1.54, 1.807) is 19.1 Å². The molecule has 1 N–H and O–H groups in total. The van der Waals surface area contributed by atoms with Gasteiger partial charge >= 0.3 is 0 Å². The third-order valence-electron chi connectivity index (χ3n) is 3.79. The van der Waals surface area contributed by atoms with Crippen molar-refractivity contribution in [3.05, 3.63) is 41.6 Å². The lowest BCUT2D eigenvalue weighted by atomic mass is 10.0. The van der Waals surface area contributed by atoms with E-state index in [4.69, 9.17) is 4.74 Å². The Balaban J connectivity index is 1.59. The predicted octanol–water partition coefficient (Wildman–Crippen LogP) is 1.20. The van der Waals surface area contributed by atoms with Crippen molar-refractivity contribution in [2.45, 2.75) is 18.3 Å². The van der Waals surface area contributed by atoms with Gasteiger partial charge in [0.05, 0.1) is 5.70 Å². The molecule has 6 nitrogen and oxygen atoms in total. The second-order valence-corrected chi connectivity index (χ2v) is 7.00. The van der Waals surface area contributed by atoms with E-state index in [0.29, 0.717) is 17.2 Å². The number of nitrogens with zero attached hydrogens (tertiary/aromatic N) is 1. The second-order valence-electron chi connectivity index (χ2n) is 5.49. The molecule has 3 rings (SSSR count). The highest BCUT2D eigenvalue weighted by Gasteiger charge is 2.53. The molecule has 126 valence electrons. The number of ether oxygens (including phenoxy) is 1. The predicted molar refractivity (Wildman–Crippen MR) is 93.7 cm³/mol. The van der Waals surface area contributed by atoms with E-state index in [2.05, 4.69) is 17.9 Å². The molecule has 2 aliphatic heterocycles. The van der Waals surface area contributed by atoms with Gasteiger partial charge in [-0.2, -0.15) is 0 Å². The van der Waals surface area contributed by atoms with Crippen molar-refractivity contribution >= 4 is 41.3 Å². The fraction of sp³-hybridized carbons (Fsp3) is 0.312. The van der Waals surface area contributed by atoms with Crippen LogP contribution < -0.4 is 10.1 Å². The summed E-state index contributed by atoms with van der Waals surface area (Å²) in [5.74, 6) is 0.547. The number of carbonyl (C=O) groups is 3. The van der Waals surface area contributed by atoms with E-state index in [0.717, 1.165) is 5.57 Å². The van der Waals surface area contributed by atoms with Crippen molar-refractivity contribution in [3.63, 3.8) is 0 Å². The first kappa shape index (κ1) is 16.9. The van der Waals surface area contributed by atoms with Crippen molar-refractivity contribution in [1.29, 1.82) is 0 Å². The van der Waals surface area contributed by atoms with Gasteiger partial charge in [0, 0.05) is 5.75 Å². The molecular formula is C16H16N2O4S2. The van der Waals surface area contributed by atoms with Gasteiger partial charge in [-0.25, -0.2) is 0 Å². The van der Waals surface area contributed by atoms with Crippen LogP contribution in [0.25, 0.3) is 0 Å². The Morgan fingerprint density at radius 3 is 2.75 bits per heavy atom. The molecule has 0 bridgehead atoms. The number of benzene rings is 1. The molecule has 0 saturated carbocycles. The molecule has 1 aromatic rings. The fourth-order valence-electron chi connectivity index (χ4n) is 2.66. The van der Waals surface area contributed by atoms with Gasteiger partial charge in [0.1, 0.15) is 17.2 Å². The lowest BCUT2D eigenvalue weighted by Crippen LogP contribution is -2.70. The minimum atomic E-state index is -0.641. The van der Waals surface area contributed by atoms with Crippen LogP contribution >= 0.6 is 24.4 Å². The van der Waals surface area contributed by atoms with Crippen molar-refractivity contribution in [3.8, 4) is 5.75 Å². The molecule has 1 saturated heterocycles. The molecule has 0 radical (unpaired) electrons. The number of rotatable bonds is 5. The summed E-state index contributed by atoms with van der Waals surface area (Å²) in [6.07, 6.45) is 0. The number of para-hydroxylation sites is 1. The zero-order chi connectivity index (χ0) is 17.3. The van der Waals surface area contributed by atoms with Crippen molar-refractivity contribution in [2.24, 2.45) is 0 Å².